The smallest absolute Gasteiger partial charge is 0.407 e. The zero-order valence-corrected chi connectivity index (χ0v) is 32.5. The highest BCUT2D eigenvalue weighted by Crippen LogP contribution is 2.52. The number of amides is 1. The predicted octanol–water partition coefficient (Wildman–Crippen LogP) is 9.00. The first kappa shape index (κ1) is 35.9. The molecule has 5 aromatic rings. The van der Waals surface area contributed by atoms with Crippen molar-refractivity contribution in [1.82, 2.24) is 15.1 Å². The number of halogens is 2. The highest BCUT2D eigenvalue weighted by Gasteiger charge is 2.52. The average Bonchev–Trinajstić information content (AvgIpc) is 3.95. The molecule has 10 heteroatoms. The molecule has 0 unspecified atom stereocenters. The molecular formula is C42H46ClFN4O3Si. The summed E-state index contributed by atoms with van der Waals surface area (Å²) in [5.41, 5.74) is 2.24. The van der Waals surface area contributed by atoms with E-state index in [0.717, 1.165) is 45.2 Å². The van der Waals surface area contributed by atoms with Gasteiger partial charge in [0.25, 0.3) is 0 Å². The maximum atomic E-state index is 16.9. The Bertz CT molecular complexity index is 2080. The van der Waals surface area contributed by atoms with Crippen LogP contribution >= 0.6 is 11.6 Å². The number of hydrogen-bond donors (Lipinski definition) is 1. The molecule has 0 spiro atoms. The van der Waals surface area contributed by atoms with Gasteiger partial charge in [0.2, 0.25) is 0 Å². The van der Waals surface area contributed by atoms with Crippen LogP contribution in [0, 0.1) is 5.82 Å². The summed E-state index contributed by atoms with van der Waals surface area (Å²) in [6.45, 7) is 14.7. The standard InChI is InChI=1S/C42H46ClFN4O3Si/c1-41(2,3)37-34-30(39(46-45-38(34)27-20-21-27)47-22-24-48(25-23-47)40(49)50)26-31(43)35(37)36-32(44)18-13-19-33(36)51-52(42(4,5)6,28-14-9-7-10-15-28)29-16-11-8-12-17-29/h7-19,26-27H,20-25H2,1-6H3,(H,49,50). The van der Waals surface area contributed by atoms with E-state index in [1.54, 1.807) is 6.07 Å². The van der Waals surface area contributed by atoms with E-state index in [9.17, 15) is 9.90 Å². The maximum Gasteiger partial charge on any atom is 0.407 e. The van der Waals surface area contributed by atoms with Crippen LogP contribution in [0.3, 0.4) is 0 Å². The molecule has 0 radical (unpaired) electrons. The minimum absolute atomic E-state index is 0.247. The number of aromatic nitrogens is 2. The van der Waals surface area contributed by atoms with Gasteiger partial charge in [-0.15, -0.1) is 5.10 Å². The van der Waals surface area contributed by atoms with Gasteiger partial charge >= 0.3 is 14.4 Å². The molecule has 1 saturated heterocycles. The van der Waals surface area contributed by atoms with Crippen LogP contribution in [0.5, 0.6) is 5.75 Å². The van der Waals surface area contributed by atoms with Crippen molar-refractivity contribution in [2.75, 3.05) is 31.1 Å². The second kappa shape index (κ2) is 13.5. The predicted molar refractivity (Wildman–Crippen MR) is 211 cm³/mol. The molecule has 1 saturated carbocycles. The Morgan fingerprint density at radius 2 is 1.44 bits per heavy atom. The molecule has 1 amide bonds. The third-order valence-electron chi connectivity index (χ3n) is 10.5. The molecular weight excluding hydrogens is 691 g/mol. The van der Waals surface area contributed by atoms with Crippen molar-refractivity contribution in [2.45, 2.75) is 70.8 Å². The topological polar surface area (TPSA) is 78.8 Å². The molecule has 4 aromatic carbocycles. The second-order valence-electron chi connectivity index (χ2n) is 16.1. The van der Waals surface area contributed by atoms with Crippen molar-refractivity contribution in [2.24, 2.45) is 0 Å². The van der Waals surface area contributed by atoms with Crippen LogP contribution in [0.25, 0.3) is 21.9 Å². The lowest BCUT2D eigenvalue weighted by molar-refractivity contribution is 0.142. The van der Waals surface area contributed by atoms with Gasteiger partial charge in [-0.3, -0.25) is 0 Å². The summed E-state index contributed by atoms with van der Waals surface area (Å²) in [4.78, 5) is 15.2. The summed E-state index contributed by atoms with van der Waals surface area (Å²) in [6.07, 6.45) is 1.08. The van der Waals surface area contributed by atoms with Crippen LogP contribution < -0.4 is 19.7 Å². The molecule has 1 aliphatic carbocycles. The van der Waals surface area contributed by atoms with Crippen molar-refractivity contribution in [3.8, 4) is 16.9 Å². The number of piperazine rings is 1. The summed E-state index contributed by atoms with van der Waals surface area (Å²) in [5.74, 6) is 0.945. The van der Waals surface area contributed by atoms with Crippen molar-refractivity contribution in [3.63, 3.8) is 0 Å². The first-order valence-electron chi connectivity index (χ1n) is 18.1. The van der Waals surface area contributed by atoms with Crippen molar-refractivity contribution >= 4 is 53.0 Å². The monoisotopic (exact) mass is 736 g/mol. The average molecular weight is 737 g/mol. The zero-order chi connectivity index (χ0) is 37.0. The molecule has 270 valence electrons. The number of benzene rings is 4. The maximum absolute atomic E-state index is 16.9. The molecule has 2 fully saturated rings. The summed E-state index contributed by atoms with van der Waals surface area (Å²) < 4.78 is 24.4. The van der Waals surface area contributed by atoms with Gasteiger partial charge in [-0.25, -0.2) is 9.18 Å². The number of fused-ring (bicyclic) bond motifs is 1. The molecule has 7 nitrogen and oxygen atoms in total. The van der Waals surface area contributed by atoms with E-state index in [1.165, 1.54) is 11.0 Å². The quantitative estimate of drug-likeness (QED) is 0.168. The molecule has 52 heavy (non-hydrogen) atoms. The Balaban J connectivity index is 1.50. The first-order valence-corrected chi connectivity index (χ1v) is 20.4. The molecule has 2 heterocycles. The number of nitrogens with zero attached hydrogens (tertiary/aromatic N) is 4. The van der Waals surface area contributed by atoms with Crippen LogP contribution in [0.1, 0.15) is 71.6 Å². The van der Waals surface area contributed by atoms with Crippen LogP contribution in [0.2, 0.25) is 10.1 Å². The van der Waals surface area contributed by atoms with E-state index in [2.05, 4.69) is 70.7 Å². The number of hydrogen-bond acceptors (Lipinski definition) is 5. The molecule has 1 aromatic heterocycles. The Kier molecular flexibility index (Phi) is 9.32. The van der Waals surface area contributed by atoms with Gasteiger partial charge in [0, 0.05) is 53.5 Å². The summed E-state index contributed by atoms with van der Waals surface area (Å²) in [5, 5.41) is 23.2. The van der Waals surface area contributed by atoms with Gasteiger partial charge in [0.1, 0.15) is 11.6 Å². The van der Waals surface area contributed by atoms with Crippen molar-refractivity contribution in [3.05, 3.63) is 107 Å². The number of carboxylic acid groups (broad SMARTS) is 1. The first-order chi connectivity index (χ1) is 24.7. The van der Waals surface area contributed by atoms with E-state index >= 15 is 4.39 Å². The van der Waals surface area contributed by atoms with Gasteiger partial charge in [0.15, 0.2) is 5.82 Å². The summed E-state index contributed by atoms with van der Waals surface area (Å²) in [6, 6.07) is 27.7. The lowest BCUT2D eigenvalue weighted by atomic mass is 9.77. The molecule has 2 aliphatic rings. The number of rotatable bonds is 7. The largest absolute Gasteiger partial charge is 0.533 e. The normalized spacial score (nSPS) is 15.6. The lowest BCUT2D eigenvalue weighted by Gasteiger charge is -2.43. The third-order valence-corrected chi connectivity index (χ3v) is 15.7. The molecule has 7 rings (SSSR count). The molecule has 1 N–H and O–H groups in total. The third kappa shape index (κ3) is 6.32. The van der Waals surface area contributed by atoms with Crippen LogP contribution in [0.4, 0.5) is 15.0 Å². The van der Waals surface area contributed by atoms with Gasteiger partial charge < -0.3 is 19.3 Å². The van der Waals surface area contributed by atoms with E-state index in [-0.39, 0.29) is 11.0 Å². The summed E-state index contributed by atoms with van der Waals surface area (Å²) >= 11 is 7.45. The molecule has 0 atom stereocenters. The van der Waals surface area contributed by atoms with Crippen LogP contribution in [-0.2, 0) is 5.41 Å². The fourth-order valence-electron chi connectivity index (χ4n) is 7.92. The summed E-state index contributed by atoms with van der Waals surface area (Å²) in [7, 11) is -3.16. The van der Waals surface area contributed by atoms with Gasteiger partial charge in [-0.2, -0.15) is 5.10 Å². The SMILES string of the molecule is CC(C)(C)c1c(-c2c(F)cccc2O[Si](c2ccccc2)(c2ccccc2)C(C)(C)C)c(Cl)cc2c(N3CCN(C(=O)O)CC3)nnc(C3CC3)c12. The van der Waals surface area contributed by atoms with Crippen molar-refractivity contribution < 1.29 is 18.7 Å². The molecule has 0 bridgehead atoms. The highest BCUT2D eigenvalue weighted by molar-refractivity contribution is 7.00. The van der Waals surface area contributed by atoms with E-state index in [1.807, 2.05) is 48.5 Å². The Morgan fingerprint density at radius 3 is 1.96 bits per heavy atom. The fraction of sp³-hybridized carbons (Fsp3) is 0.357. The van der Waals surface area contributed by atoms with E-state index in [0.29, 0.717) is 53.9 Å². The molecule has 1 aliphatic heterocycles. The number of anilines is 1. The zero-order valence-electron chi connectivity index (χ0n) is 30.7. The Hall–Kier alpha value is -4.47. The van der Waals surface area contributed by atoms with Crippen LogP contribution in [0.15, 0.2) is 84.9 Å². The Labute approximate surface area is 311 Å². The fourth-order valence-corrected chi connectivity index (χ4v) is 12.7. The van der Waals surface area contributed by atoms with Gasteiger partial charge in [-0.05, 0) is 57.4 Å². The Morgan fingerprint density at radius 1 is 0.846 bits per heavy atom. The van der Waals surface area contributed by atoms with Gasteiger partial charge in [0.05, 0.1) is 11.3 Å². The second-order valence-corrected chi connectivity index (χ2v) is 20.7. The van der Waals surface area contributed by atoms with Crippen LogP contribution in [-0.4, -0.2) is 60.8 Å². The van der Waals surface area contributed by atoms with Crippen molar-refractivity contribution in [1.29, 1.82) is 0 Å². The minimum Gasteiger partial charge on any atom is -0.533 e. The highest BCUT2D eigenvalue weighted by atomic mass is 35.5. The van der Waals surface area contributed by atoms with E-state index in [4.69, 9.17) is 26.2 Å². The lowest BCUT2D eigenvalue weighted by Crippen LogP contribution is -2.68. The van der Waals surface area contributed by atoms with E-state index < -0.39 is 25.6 Å². The van der Waals surface area contributed by atoms with Gasteiger partial charge in [-0.1, -0.05) is 120 Å². The number of carbonyl (C=O) groups is 1. The minimum atomic E-state index is -3.16.